The zero-order valence-electron chi connectivity index (χ0n) is 11.2. The molecule has 19 heavy (non-hydrogen) atoms. The van der Waals surface area contributed by atoms with Crippen LogP contribution >= 0.6 is 0 Å². The summed E-state index contributed by atoms with van der Waals surface area (Å²) in [4.78, 5) is 23.0. The van der Waals surface area contributed by atoms with Gasteiger partial charge in [0.2, 0.25) is 5.91 Å². The first kappa shape index (κ1) is 13.4. The number of carbonyl (C=O) groups is 2. The van der Waals surface area contributed by atoms with Crippen molar-refractivity contribution in [3.8, 4) is 0 Å². The van der Waals surface area contributed by atoms with Crippen molar-refractivity contribution in [2.45, 2.75) is 32.7 Å². The Hall–Kier alpha value is -2.04. The van der Waals surface area contributed by atoms with Crippen molar-refractivity contribution in [3.63, 3.8) is 0 Å². The van der Waals surface area contributed by atoms with Gasteiger partial charge in [-0.1, -0.05) is 13.8 Å². The summed E-state index contributed by atoms with van der Waals surface area (Å²) in [6, 6.07) is 7.23. The third-order valence-electron chi connectivity index (χ3n) is 2.85. The third kappa shape index (κ3) is 4.28. The van der Waals surface area contributed by atoms with Crippen LogP contribution in [0.2, 0.25) is 0 Å². The van der Waals surface area contributed by atoms with Crippen molar-refractivity contribution < 1.29 is 9.59 Å². The van der Waals surface area contributed by atoms with E-state index in [1.54, 1.807) is 24.3 Å². The Labute approximate surface area is 112 Å². The highest BCUT2D eigenvalue weighted by molar-refractivity contribution is 5.93. The fraction of sp³-hybridized carbons (Fsp3) is 0.429. The quantitative estimate of drug-likeness (QED) is 0.779. The highest BCUT2D eigenvalue weighted by Crippen LogP contribution is 2.19. The van der Waals surface area contributed by atoms with Crippen LogP contribution in [0, 0.1) is 5.92 Å². The van der Waals surface area contributed by atoms with E-state index in [1.165, 1.54) is 0 Å². The van der Waals surface area contributed by atoms with Crippen molar-refractivity contribution >= 4 is 23.3 Å². The molecular formula is C14H19N3O2. The zero-order valence-corrected chi connectivity index (χ0v) is 11.2. The normalized spacial score (nSPS) is 14.1. The number of anilines is 2. The maximum Gasteiger partial charge on any atom is 0.319 e. The molecule has 2 rings (SSSR count). The molecule has 1 aliphatic carbocycles. The van der Waals surface area contributed by atoms with E-state index in [1.807, 2.05) is 13.8 Å². The van der Waals surface area contributed by atoms with E-state index in [4.69, 9.17) is 0 Å². The third-order valence-corrected chi connectivity index (χ3v) is 2.85. The molecule has 0 aromatic heterocycles. The second kappa shape index (κ2) is 5.73. The highest BCUT2D eigenvalue weighted by Gasteiger charge is 2.23. The lowest BCUT2D eigenvalue weighted by atomic mass is 10.2. The van der Waals surface area contributed by atoms with Gasteiger partial charge in [-0.2, -0.15) is 0 Å². The Morgan fingerprint density at radius 2 is 1.58 bits per heavy atom. The first-order valence-electron chi connectivity index (χ1n) is 6.53. The molecule has 0 atom stereocenters. The Morgan fingerprint density at radius 1 is 1.05 bits per heavy atom. The molecule has 5 heteroatoms. The zero-order chi connectivity index (χ0) is 13.8. The number of urea groups is 1. The first-order chi connectivity index (χ1) is 9.04. The van der Waals surface area contributed by atoms with Crippen molar-refractivity contribution in [1.82, 2.24) is 5.32 Å². The molecule has 0 aliphatic heterocycles. The van der Waals surface area contributed by atoms with E-state index in [9.17, 15) is 9.59 Å². The maximum atomic E-state index is 11.5. The molecular weight excluding hydrogens is 242 g/mol. The monoisotopic (exact) mass is 261 g/mol. The van der Waals surface area contributed by atoms with Crippen molar-refractivity contribution in [3.05, 3.63) is 24.3 Å². The number of rotatable bonds is 4. The SMILES string of the molecule is CC(C)C(=O)Nc1ccc(NC(=O)NC2CC2)cc1. The Morgan fingerprint density at radius 3 is 2.05 bits per heavy atom. The molecule has 3 N–H and O–H groups in total. The molecule has 0 heterocycles. The maximum absolute atomic E-state index is 11.5. The number of hydrogen-bond donors (Lipinski definition) is 3. The van der Waals surface area contributed by atoms with Gasteiger partial charge in [0.15, 0.2) is 0 Å². The van der Waals surface area contributed by atoms with E-state index < -0.39 is 0 Å². The molecule has 1 aromatic carbocycles. The van der Waals surface area contributed by atoms with Gasteiger partial charge in [0.1, 0.15) is 0 Å². The van der Waals surface area contributed by atoms with Crippen LogP contribution in [0.5, 0.6) is 0 Å². The molecule has 0 unspecified atom stereocenters. The van der Waals surface area contributed by atoms with Gasteiger partial charge < -0.3 is 16.0 Å². The predicted molar refractivity (Wildman–Crippen MR) is 75.1 cm³/mol. The lowest BCUT2D eigenvalue weighted by Gasteiger charge is -2.09. The molecule has 3 amide bonds. The van der Waals surface area contributed by atoms with Crippen LogP contribution in [-0.4, -0.2) is 18.0 Å². The fourth-order valence-electron chi connectivity index (χ4n) is 1.50. The topological polar surface area (TPSA) is 70.2 Å². The van der Waals surface area contributed by atoms with Crippen LogP contribution in [0.4, 0.5) is 16.2 Å². The molecule has 102 valence electrons. The molecule has 1 fully saturated rings. The summed E-state index contributed by atoms with van der Waals surface area (Å²) in [6.45, 7) is 3.68. The first-order valence-corrected chi connectivity index (χ1v) is 6.53. The molecule has 1 aliphatic rings. The van der Waals surface area contributed by atoms with E-state index in [-0.39, 0.29) is 17.9 Å². The molecule has 0 spiro atoms. The number of amides is 3. The average molecular weight is 261 g/mol. The Kier molecular flexibility index (Phi) is 4.04. The number of carbonyl (C=O) groups excluding carboxylic acids is 2. The lowest BCUT2D eigenvalue weighted by Crippen LogP contribution is -2.30. The average Bonchev–Trinajstić information content (AvgIpc) is 3.15. The Balaban J connectivity index is 1.86. The van der Waals surface area contributed by atoms with Crippen molar-refractivity contribution in [2.75, 3.05) is 10.6 Å². The molecule has 0 bridgehead atoms. The summed E-state index contributed by atoms with van der Waals surface area (Å²) in [6.07, 6.45) is 2.13. The van der Waals surface area contributed by atoms with Crippen LogP contribution in [0.25, 0.3) is 0 Å². The van der Waals surface area contributed by atoms with E-state index in [2.05, 4.69) is 16.0 Å². The summed E-state index contributed by atoms with van der Waals surface area (Å²) in [5, 5.41) is 8.39. The van der Waals surface area contributed by atoms with Crippen molar-refractivity contribution in [1.29, 1.82) is 0 Å². The summed E-state index contributed by atoms with van der Waals surface area (Å²) < 4.78 is 0. The fourth-order valence-corrected chi connectivity index (χ4v) is 1.50. The highest BCUT2D eigenvalue weighted by atomic mass is 16.2. The molecule has 0 radical (unpaired) electrons. The van der Waals surface area contributed by atoms with Gasteiger partial charge in [-0.15, -0.1) is 0 Å². The summed E-state index contributed by atoms with van der Waals surface area (Å²) in [7, 11) is 0. The molecule has 1 aromatic rings. The number of hydrogen-bond acceptors (Lipinski definition) is 2. The summed E-state index contributed by atoms with van der Waals surface area (Å²) >= 11 is 0. The van der Waals surface area contributed by atoms with Crippen LogP contribution < -0.4 is 16.0 Å². The minimum absolute atomic E-state index is 0.0211. The summed E-state index contributed by atoms with van der Waals surface area (Å²) in [5.74, 6) is -0.0747. The molecule has 0 saturated heterocycles. The van der Waals surface area contributed by atoms with E-state index >= 15 is 0 Å². The predicted octanol–water partition coefficient (Wildman–Crippen LogP) is 2.57. The van der Waals surface area contributed by atoms with Gasteiger partial charge >= 0.3 is 6.03 Å². The van der Waals surface area contributed by atoms with Gasteiger partial charge in [0.05, 0.1) is 0 Å². The van der Waals surface area contributed by atoms with E-state index in [0.29, 0.717) is 11.7 Å². The van der Waals surface area contributed by atoms with Crippen LogP contribution in [0.15, 0.2) is 24.3 Å². The van der Waals surface area contributed by atoms with Gasteiger partial charge in [0, 0.05) is 23.3 Å². The van der Waals surface area contributed by atoms with Gasteiger partial charge in [-0.3, -0.25) is 4.79 Å². The number of nitrogens with one attached hydrogen (secondary N) is 3. The second-order valence-electron chi connectivity index (χ2n) is 5.09. The lowest BCUT2D eigenvalue weighted by molar-refractivity contribution is -0.118. The summed E-state index contributed by atoms with van der Waals surface area (Å²) in [5.41, 5.74) is 1.44. The smallest absolute Gasteiger partial charge is 0.319 e. The minimum atomic E-state index is -0.179. The van der Waals surface area contributed by atoms with Crippen LogP contribution in [0.3, 0.4) is 0 Å². The second-order valence-corrected chi connectivity index (χ2v) is 5.09. The molecule has 1 saturated carbocycles. The molecule has 5 nitrogen and oxygen atoms in total. The van der Waals surface area contributed by atoms with Crippen LogP contribution in [-0.2, 0) is 4.79 Å². The van der Waals surface area contributed by atoms with Gasteiger partial charge in [-0.05, 0) is 37.1 Å². The number of benzene rings is 1. The van der Waals surface area contributed by atoms with Crippen LogP contribution in [0.1, 0.15) is 26.7 Å². The standard InChI is InChI=1S/C14H19N3O2/c1-9(2)13(18)15-10-3-5-11(6-4-10)16-14(19)17-12-7-8-12/h3-6,9,12H,7-8H2,1-2H3,(H,15,18)(H2,16,17,19). The van der Waals surface area contributed by atoms with E-state index in [0.717, 1.165) is 18.5 Å². The van der Waals surface area contributed by atoms with Crippen molar-refractivity contribution in [2.24, 2.45) is 5.92 Å². The minimum Gasteiger partial charge on any atom is -0.335 e. The van der Waals surface area contributed by atoms with Gasteiger partial charge in [0.25, 0.3) is 0 Å². The largest absolute Gasteiger partial charge is 0.335 e. The van der Waals surface area contributed by atoms with Gasteiger partial charge in [-0.25, -0.2) is 4.79 Å². The Bertz CT molecular complexity index is 464.